The SMILES string of the molecule is CCc1cccc(C)c1NC(=O)N1CCN(c2cccc(C)c2)CC1. The van der Waals surface area contributed by atoms with Crippen LogP contribution in [0.3, 0.4) is 0 Å². The van der Waals surface area contributed by atoms with Crippen LogP contribution in [0.15, 0.2) is 42.5 Å². The summed E-state index contributed by atoms with van der Waals surface area (Å²) in [5, 5.41) is 3.13. The predicted octanol–water partition coefficient (Wildman–Crippen LogP) is 4.22. The summed E-state index contributed by atoms with van der Waals surface area (Å²) in [4.78, 5) is 16.9. The van der Waals surface area contributed by atoms with Crippen LogP contribution >= 0.6 is 0 Å². The van der Waals surface area contributed by atoms with Crippen LogP contribution in [0.5, 0.6) is 0 Å². The van der Waals surface area contributed by atoms with E-state index in [-0.39, 0.29) is 6.03 Å². The van der Waals surface area contributed by atoms with Gasteiger partial charge in [0, 0.05) is 37.6 Å². The molecule has 1 aliphatic rings. The second-order valence-electron chi connectivity index (χ2n) is 6.71. The molecule has 0 spiro atoms. The molecular weight excluding hydrogens is 310 g/mol. The summed E-state index contributed by atoms with van der Waals surface area (Å²) < 4.78 is 0. The molecule has 0 atom stereocenters. The van der Waals surface area contributed by atoms with Gasteiger partial charge in [0.05, 0.1) is 0 Å². The molecule has 25 heavy (non-hydrogen) atoms. The molecule has 0 saturated carbocycles. The fourth-order valence-corrected chi connectivity index (χ4v) is 3.38. The minimum absolute atomic E-state index is 0.00731. The molecule has 3 rings (SSSR count). The average molecular weight is 337 g/mol. The van der Waals surface area contributed by atoms with E-state index in [0.717, 1.165) is 43.9 Å². The van der Waals surface area contributed by atoms with Crippen LogP contribution in [0.25, 0.3) is 0 Å². The first-order valence-corrected chi connectivity index (χ1v) is 9.04. The third-order valence-corrected chi connectivity index (χ3v) is 4.91. The van der Waals surface area contributed by atoms with E-state index in [2.05, 4.69) is 54.4 Å². The fraction of sp³-hybridized carbons (Fsp3) is 0.381. The minimum atomic E-state index is 0.00731. The molecule has 1 heterocycles. The van der Waals surface area contributed by atoms with Gasteiger partial charge >= 0.3 is 6.03 Å². The summed E-state index contributed by atoms with van der Waals surface area (Å²) >= 11 is 0. The number of hydrogen-bond donors (Lipinski definition) is 1. The molecule has 0 aliphatic carbocycles. The Kier molecular flexibility index (Phi) is 5.27. The summed E-state index contributed by atoms with van der Waals surface area (Å²) in [6.45, 7) is 9.49. The van der Waals surface area contributed by atoms with Gasteiger partial charge in [-0.2, -0.15) is 0 Å². The van der Waals surface area contributed by atoms with Crippen LogP contribution in [0.1, 0.15) is 23.6 Å². The molecule has 2 aromatic carbocycles. The Labute approximate surface area is 150 Å². The summed E-state index contributed by atoms with van der Waals surface area (Å²) in [6.07, 6.45) is 0.915. The molecule has 0 unspecified atom stereocenters. The van der Waals surface area contributed by atoms with Gasteiger partial charge in [-0.3, -0.25) is 0 Å². The lowest BCUT2D eigenvalue weighted by atomic mass is 10.1. The van der Waals surface area contributed by atoms with Crippen LogP contribution in [0.2, 0.25) is 0 Å². The number of carbonyl (C=O) groups excluding carboxylic acids is 1. The van der Waals surface area contributed by atoms with Gasteiger partial charge in [-0.1, -0.05) is 37.3 Å². The van der Waals surface area contributed by atoms with E-state index in [9.17, 15) is 4.79 Å². The Bertz CT molecular complexity index is 749. The number of aryl methyl sites for hydroxylation is 3. The zero-order valence-corrected chi connectivity index (χ0v) is 15.4. The maximum atomic E-state index is 12.7. The Balaban J connectivity index is 1.62. The zero-order valence-electron chi connectivity index (χ0n) is 15.4. The molecule has 2 amide bonds. The normalized spacial score (nSPS) is 14.5. The standard InChI is InChI=1S/C21H27N3O/c1-4-18-9-6-8-17(3)20(18)22-21(25)24-13-11-23(12-14-24)19-10-5-7-16(2)15-19/h5-10,15H,4,11-14H2,1-3H3,(H,22,25). The molecule has 1 fully saturated rings. The van der Waals surface area contributed by atoms with Crippen molar-refractivity contribution in [3.8, 4) is 0 Å². The molecule has 0 radical (unpaired) electrons. The van der Waals surface area contributed by atoms with Crippen molar-refractivity contribution in [3.05, 3.63) is 59.2 Å². The lowest BCUT2D eigenvalue weighted by Crippen LogP contribution is -2.50. The number of para-hydroxylation sites is 1. The molecular formula is C21H27N3O. The molecule has 4 nitrogen and oxygen atoms in total. The summed E-state index contributed by atoms with van der Waals surface area (Å²) in [7, 11) is 0. The van der Waals surface area contributed by atoms with Crippen LogP contribution in [-0.2, 0) is 6.42 Å². The smallest absolute Gasteiger partial charge is 0.321 e. The monoisotopic (exact) mass is 337 g/mol. The number of nitrogens with zero attached hydrogens (tertiary/aromatic N) is 2. The predicted molar refractivity (Wildman–Crippen MR) is 105 cm³/mol. The van der Waals surface area contributed by atoms with Gasteiger partial charge in [-0.05, 0) is 49.1 Å². The van der Waals surface area contributed by atoms with Gasteiger partial charge in [0.25, 0.3) is 0 Å². The van der Waals surface area contributed by atoms with Crippen molar-refractivity contribution in [1.82, 2.24) is 4.90 Å². The number of nitrogens with one attached hydrogen (secondary N) is 1. The molecule has 2 aromatic rings. The van der Waals surface area contributed by atoms with Crippen molar-refractivity contribution in [1.29, 1.82) is 0 Å². The molecule has 132 valence electrons. The lowest BCUT2D eigenvalue weighted by Gasteiger charge is -2.36. The van der Waals surface area contributed by atoms with E-state index in [1.807, 2.05) is 24.0 Å². The molecule has 0 bridgehead atoms. The number of amides is 2. The number of hydrogen-bond acceptors (Lipinski definition) is 2. The van der Waals surface area contributed by atoms with Gasteiger partial charge in [-0.15, -0.1) is 0 Å². The highest BCUT2D eigenvalue weighted by Gasteiger charge is 2.22. The van der Waals surface area contributed by atoms with Gasteiger partial charge < -0.3 is 15.1 Å². The third kappa shape index (κ3) is 3.95. The number of benzene rings is 2. The average Bonchev–Trinajstić information content (AvgIpc) is 2.63. The van der Waals surface area contributed by atoms with E-state index in [1.54, 1.807) is 0 Å². The van der Waals surface area contributed by atoms with Crippen LogP contribution in [0.4, 0.5) is 16.2 Å². The van der Waals surface area contributed by atoms with E-state index in [4.69, 9.17) is 0 Å². The van der Waals surface area contributed by atoms with E-state index in [1.165, 1.54) is 16.8 Å². The number of rotatable bonds is 3. The first-order chi connectivity index (χ1) is 12.1. The summed E-state index contributed by atoms with van der Waals surface area (Å²) in [6, 6.07) is 14.7. The fourth-order valence-electron chi connectivity index (χ4n) is 3.38. The molecule has 1 N–H and O–H groups in total. The highest BCUT2D eigenvalue weighted by atomic mass is 16.2. The number of anilines is 2. The number of urea groups is 1. The van der Waals surface area contributed by atoms with Crippen LogP contribution in [0, 0.1) is 13.8 Å². The molecule has 1 aliphatic heterocycles. The molecule has 4 heteroatoms. The quantitative estimate of drug-likeness (QED) is 0.910. The van der Waals surface area contributed by atoms with E-state index < -0.39 is 0 Å². The minimum Gasteiger partial charge on any atom is -0.368 e. The Hall–Kier alpha value is -2.49. The molecule has 1 saturated heterocycles. The Morgan fingerprint density at radius 3 is 2.44 bits per heavy atom. The second kappa shape index (κ2) is 7.60. The van der Waals surface area contributed by atoms with Crippen molar-refractivity contribution in [2.45, 2.75) is 27.2 Å². The lowest BCUT2D eigenvalue weighted by molar-refractivity contribution is 0.208. The summed E-state index contributed by atoms with van der Waals surface area (Å²) in [5.41, 5.74) is 5.78. The first kappa shape index (κ1) is 17.3. The van der Waals surface area contributed by atoms with Gasteiger partial charge in [0.2, 0.25) is 0 Å². The van der Waals surface area contributed by atoms with Crippen molar-refractivity contribution in [2.24, 2.45) is 0 Å². The van der Waals surface area contributed by atoms with Crippen molar-refractivity contribution in [3.63, 3.8) is 0 Å². The first-order valence-electron chi connectivity index (χ1n) is 9.04. The maximum absolute atomic E-state index is 12.7. The van der Waals surface area contributed by atoms with Crippen LogP contribution < -0.4 is 10.2 Å². The number of carbonyl (C=O) groups is 1. The highest BCUT2D eigenvalue weighted by Crippen LogP contribution is 2.22. The Morgan fingerprint density at radius 1 is 1.04 bits per heavy atom. The topological polar surface area (TPSA) is 35.6 Å². The van der Waals surface area contributed by atoms with E-state index >= 15 is 0 Å². The Morgan fingerprint density at radius 2 is 1.76 bits per heavy atom. The number of piperazine rings is 1. The van der Waals surface area contributed by atoms with Crippen molar-refractivity contribution < 1.29 is 4.79 Å². The van der Waals surface area contributed by atoms with Gasteiger partial charge in [-0.25, -0.2) is 4.79 Å². The second-order valence-corrected chi connectivity index (χ2v) is 6.71. The van der Waals surface area contributed by atoms with E-state index in [0.29, 0.717) is 0 Å². The van der Waals surface area contributed by atoms with Gasteiger partial charge in [0.15, 0.2) is 0 Å². The van der Waals surface area contributed by atoms with Gasteiger partial charge in [0.1, 0.15) is 0 Å². The highest BCUT2D eigenvalue weighted by molar-refractivity contribution is 5.91. The maximum Gasteiger partial charge on any atom is 0.321 e. The molecule has 0 aromatic heterocycles. The largest absolute Gasteiger partial charge is 0.368 e. The summed E-state index contributed by atoms with van der Waals surface area (Å²) in [5.74, 6) is 0. The third-order valence-electron chi connectivity index (χ3n) is 4.91. The van der Waals surface area contributed by atoms with Crippen molar-refractivity contribution in [2.75, 3.05) is 36.4 Å². The van der Waals surface area contributed by atoms with Crippen LogP contribution in [-0.4, -0.2) is 37.1 Å². The van der Waals surface area contributed by atoms with Crippen molar-refractivity contribution >= 4 is 17.4 Å². The zero-order chi connectivity index (χ0) is 17.8.